The number of anilines is 1. The van der Waals surface area contributed by atoms with Crippen molar-refractivity contribution in [2.45, 2.75) is 25.4 Å². The summed E-state index contributed by atoms with van der Waals surface area (Å²) in [6.07, 6.45) is 3.45. The number of unbranched alkanes of at least 4 members (excludes halogenated alkanes) is 1. The van der Waals surface area contributed by atoms with E-state index < -0.39 is 18.1 Å². The van der Waals surface area contributed by atoms with E-state index in [0.717, 1.165) is 5.56 Å². The van der Waals surface area contributed by atoms with Gasteiger partial charge in [-0.1, -0.05) is 18.2 Å². The fourth-order valence-electron chi connectivity index (χ4n) is 2.84. The Labute approximate surface area is 186 Å². The monoisotopic (exact) mass is 444 g/mol. The third-order valence-corrected chi connectivity index (χ3v) is 4.41. The van der Waals surface area contributed by atoms with Gasteiger partial charge >= 0.3 is 6.09 Å². The predicted octanol–water partition coefficient (Wildman–Crippen LogP) is 3.59. The number of aliphatic hydroxyl groups is 1. The molecule has 1 atom stereocenters. The number of hydroxylamine groups is 1. The smallest absolute Gasteiger partial charge is 0.412 e. The van der Waals surface area contributed by atoms with Crippen LogP contribution in [-0.2, 0) is 9.53 Å². The first kappa shape index (κ1) is 24.7. The number of carbonyl (C=O) groups is 2. The minimum Gasteiger partial charge on any atom is -0.497 e. The van der Waals surface area contributed by atoms with Gasteiger partial charge < -0.3 is 19.3 Å². The highest BCUT2D eigenvalue weighted by atomic mass is 16.6. The molecule has 0 unspecified atom stereocenters. The molecule has 0 fully saturated rings. The van der Waals surface area contributed by atoms with E-state index in [-0.39, 0.29) is 13.2 Å². The summed E-state index contributed by atoms with van der Waals surface area (Å²) in [7, 11) is 1.56. The second kappa shape index (κ2) is 13.7. The lowest BCUT2D eigenvalue weighted by molar-refractivity contribution is -0.124. The standard InChI is InChI=1S/C23H28N2O7/c1-30-19-13-9-18(10-14-19)24-23(28)32-21(5-3-2-4-6-22(27)25-29)17-7-11-20(12-8-17)31-16-15-26/h4,6-14,21,26,29H,2-3,5,15-16H2,1H3,(H,24,28)(H,25,27)/b6-4+/t21-/m1/s1. The van der Waals surface area contributed by atoms with E-state index in [0.29, 0.717) is 36.4 Å². The van der Waals surface area contributed by atoms with Crippen LogP contribution in [0.5, 0.6) is 11.5 Å². The van der Waals surface area contributed by atoms with E-state index >= 15 is 0 Å². The molecule has 4 N–H and O–H groups in total. The Morgan fingerprint density at radius 1 is 1.06 bits per heavy atom. The SMILES string of the molecule is COc1ccc(NC(=O)O[C@H](CCC/C=C/C(=O)NO)c2ccc(OCCO)cc2)cc1. The second-order valence-electron chi connectivity index (χ2n) is 6.70. The van der Waals surface area contributed by atoms with Crippen molar-refractivity contribution < 1.29 is 34.1 Å². The van der Waals surface area contributed by atoms with Crippen molar-refractivity contribution in [2.75, 3.05) is 25.6 Å². The minimum absolute atomic E-state index is 0.0825. The lowest BCUT2D eigenvalue weighted by Crippen LogP contribution is -2.17. The van der Waals surface area contributed by atoms with Crippen molar-refractivity contribution in [1.82, 2.24) is 5.48 Å². The van der Waals surface area contributed by atoms with Crippen molar-refractivity contribution in [2.24, 2.45) is 0 Å². The molecule has 2 aromatic carbocycles. The van der Waals surface area contributed by atoms with Gasteiger partial charge in [0.1, 0.15) is 24.2 Å². The zero-order chi connectivity index (χ0) is 23.2. The Morgan fingerprint density at radius 2 is 1.75 bits per heavy atom. The molecule has 9 heteroatoms. The summed E-state index contributed by atoms with van der Waals surface area (Å²) in [4.78, 5) is 23.5. The van der Waals surface area contributed by atoms with Crippen LogP contribution in [0.3, 0.4) is 0 Å². The molecule has 2 rings (SSSR count). The fourth-order valence-corrected chi connectivity index (χ4v) is 2.84. The first-order valence-corrected chi connectivity index (χ1v) is 10.1. The van der Waals surface area contributed by atoms with Gasteiger partial charge in [0.25, 0.3) is 5.91 Å². The predicted molar refractivity (Wildman–Crippen MR) is 118 cm³/mol. The molecule has 0 radical (unpaired) electrons. The van der Waals surface area contributed by atoms with E-state index in [1.54, 1.807) is 61.7 Å². The molecule has 0 saturated heterocycles. The van der Waals surface area contributed by atoms with Gasteiger partial charge in [0.15, 0.2) is 0 Å². The van der Waals surface area contributed by atoms with Crippen LogP contribution in [0.25, 0.3) is 0 Å². The molecule has 2 aromatic rings. The lowest BCUT2D eigenvalue weighted by atomic mass is 10.0. The number of ether oxygens (including phenoxy) is 3. The molecule has 0 aromatic heterocycles. The van der Waals surface area contributed by atoms with Crippen LogP contribution in [-0.4, -0.2) is 42.6 Å². The Morgan fingerprint density at radius 3 is 2.38 bits per heavy atom. The van der Waals surface area contributed by atoms with Crippen LogP contribution in [0.2, 0.25) is 0 Å². The number of nitrogens with one attached hydrogen (secondary N) is 2. The zero-order valence-corrected chi connectivity index (χ0v) is 17.8. The van der Waals surface area contributed by atoms with E-state index in [2.05, 4.69) is 5.32 Å². The maximum atomic E-state index is 12.5. The molecular formula is C23H28N2O7. The molecular weight excluding hydrogens is 416 g/mol. The first-order chi connectivity index (χ1) is 15.5. The average Bonchev–Trinajstić information content (AvgIpc) is 2.82. The van der Waals surface area contributed by atoms with Gasteiger partial charge in [-0.2, -0.15) is 0 Å². The number of methoxy groups -OCH3 is 1. The third-order valence-electron chi connectivity index (χ3n) is 4.41. The minimum atomic E-state index is -0.602. The quantitative estimate of drug-likeness (QED) is 0.171. The van der Waals surface area contributed by atoms with Gasteiger partial charge in [-0.05, 0) is 61.2 Å². The van der Waals surface area contributed by atoms with Crippen LogP contribution in [0, 0.1) is 0 Å². The molecule has 32 heavy (non-hydrogen) atoms. The van der Waals surface area contributed by atoms with Crippen LogP contribution >= 0.6 is 0 Å². The Bertz CT molecular complexity index is 867. The maximum Gasteiger partial charge on any atom is 0.412 e. The largest absolute Gasteiger partial charge is 0.497 e. The molecule has 0 aliphatic rings. The van der Waals surface area contributed by atoms with Crippen LogP contribution in [0.1, 0.15) is 30.9 Å². The molecule has 172 valence electrons. The number of amides is 2. The molecule has 0 saturated carbocycles. The van der Waals surface area contributed by atoms with Crippen molar-refractivity contribution in [3.63, 3.8) is 0 Å². The van der Waals surface area contributed by atoms with Crippen LogP contribution in [0.15, 0.2) is 60.7 Å². The summed E-state index contributed by atoms with van der Waals surface area (Å²) in [5.41, 5.74) is 2.88. The topological polar surface area (TPSA) is 126 Å². The van der Waals surface area contributed by atoms with E-state index in [9.17, 15) is 9.59 Å². The fraction of sp³-hybridized carbons (Fsp3) is 0.304. The lowest BCUT2D eigenvalue weighted by Gasteiger charge is -2.19. The van der Waals surface area contributed by atoms with Gasteiger partial charge in [0.05, 0.1) is 13.7 Å². The molecule has 9 nitrogen and oxygen atoms in total. The number of benzene rings is 2. The molecule has 0 aliphatic carbocycles. The van der Waals surface area contributed by atoms with Gasteiger partial charge in [0.2, 0.25) is 0 Å². The summed E-state index contributed by atoms with van der Waals surface area (Å²) in [6, 6.07) is 14.0. The van der Waals surface area contributed by atoms with Crippen molar-refractivity contribution in [3.05, 3.63) is 66.2 Å². The van der Waals surface area contributed by atoms with Gasteiger partial charge in [-0.3, -0.25) is 15.3 Å². The highest BCUT2D eigenvalue weighted by Gasteiger charge is 2.17. The summed E-state index contributed by atoms with van der Waals surface area (Å²) in [5.74, 6) is 0.672. The van der Waals surface area contributed by atoms with Crippen LogP contribution in [0.4, 0.5) is 10.5 Å². The second-order valence-corrected chi connectivity index (χ2v) is 6.70. The summed E-state index contributed by atoms with van der Waals surface area (Å²) in [6.45, 7) is 0.109. The zero-order valence-electron chi connectivity index (χ0n) is 17.8. The van der Waals surface area contributed by atoms with E-state index in [4.69, 9.17) is 24.5 Å². The van der Waals surface area contributed by atoms with Crippen molar-refractivity contribution in [3.8, 4) is 11.5 Å². The van der Waals surface area contributed by atoms with Crippen molar-refractivity contribution in [1.29, 1.82) is 0 Å². The highest BCUT2D eigenvalue weighted by molar-refractivity contribution is 5.86. The maximum absolute atomic E-state index is 12.5. The van der Waals surface area contributed by atoms with E-state index in [1.807, 2.05) is 0 Å². The number of carbonyl (C=O) groups excluding carboxylic acids is 2. The van der Waals surface area contributed by atoms with Crippen LogP contribution < -0.4 is 20.3 Å². The molecule has 0 spiro atoms. The van der Waals surface area contributed by atoms with Gasteiger partial charge in [0, 0.05) is 11.8 Å². The Kier molecular flexibility index (Phi) is 10.6. The molecule has 0 bridgehead atoms. The Balaban J connectivity index is 2.02. The number of rotatable bonds is 12. The number of aliphatic hydroxyl groups excluding tert-OH is 1. The summed E-state index contributed by atoms with van der Waals surface area (Å²) in [5, 5.41) is 20.1. The molecule has 0 heterocycles. The Hall–Kier alpha value is -3.56. The number of allylic oxidation sites excluding steroid dienone is 1. The van der Waals surface area contributed by atoms with Crippen molar-refractivity contribution >= 4 is 17.7 Å². The summed E-state index contributed by atoms with van der Waals surface area (Å²) >= 11 is 0. The van der Waals surface area contributed by atoms with Gasteiger partial charge in [-0.15, -0.1) is 0 Å². The highest BCUT2D eigenvalue weighted by Crippen LogP contribution is 2.27. The van der Waals surface area contributed by atoms with E-state index in [1.165, 1.54) is 11.6 Å². The summed E-state index contributed by atoms with van der Waals surface area (Å²) < 4.78 is 16.1. The molecule has 2 amide bonds. The van der Waals surface area contributed by atoms with Gasteiger partial charge in [-0.25, -0.2) is 10.3 Å². The normalized spacial score (nSPS) is 11.6. The third kappa shape index (κ3) is 8.66. The average molecular weight is 444 g/mol. The molecule has 0 aliphatic heterocycles. The first-order valence-electron chi connectivity index (χ1n) is 10.1. The number of hydrogen-bond donors (Lipinski definition) is 4. The number of hydrogen-bond acceptors (Lipinski definition) is 7.